The van der Waals surface area contributed by atoms with Gasteiger partial charge in [0.25, 0.3) is 0 Å². The van der Waals surface area contributed by atoms with Gasteiger partial charge in [0, 0.05) is 13.0 Å². The summed E-state index contributed by atoms with van der Waals surface area (Å²) in [5.41, 5.74) is 8.40. The van der Waals surface area contributed by atoms with Crippen molar-refractivity contribution < 1.29 is 13.5 Å². The Bertz CT molecular complexity index is 607. The molecule has 1 heterocycles. The van der Waals surface area contributed by atoms with Gasteiger partial charge in [-0.1, -0.05) is 19.4 Å². The average molecular weight is 292 g/mol. The number of benzene rings is 1. The molecule has 5 heteroatoms. The van der Waals surface area contributed by atoms with Crippen LogP contribution in [0.4, 0.5) is 4.39 Å². The largest absolute Gasteiger partial charge is 0.441 e. The number of unbranched alkanes of at least 4 members (excludes halogenated alkanes) is 1. The molecular formula is C16H21FN2O2. The molecule has 0 unspecified atom stereocenters. The van der Waals surface area contributed by atoms with Gasteiger partial charge in [-0.05, 0) is 29.7 Å². The molecule has 0 amide bonds. The van der Waals surface area contributed by atoms with E-state index in [0.717, 1.165) is 41.8 Å². The molecule has 0 bridgehead atoms. The van der Waals surface area contributed by atoms with Crippen molar-refractivity contribution in [2.24, 2.45) is 5.73 Å². The molecule has 0 spiro atoms. The SMILES string of the molecule is CCCCc1nc2ccc(COC/C(=C/F)CN)cc2o1. The van der Waals surface area contributed by atoms with E-state index in [1.165, 1.54) is 0 Å². The first-order valence-electron chi connectivity index (χ1n) is 7.21. The zero-order valence-electron chi connectivity index (χ0n) is 12.3. The van der Waals surface area contributed by atoms with Crippen LogP contribution in [0.3, 0.4) is 0 Å². The van der Waals surface area contributed by atoms with Crippen molar-refractivity contribution in [2.75, 3.05) is 13.2 Å². The first-order valence-corrected chi connectivity index (χ1v) is 7.21. The van der Waals surface area contributed by atoms with Crippen molar-refractivity contribution in [3.05, 3.63) is 41.6 Å². The molecule has 4 nitrogen and oxygen atoms in total. The monoisotopic (exact) mass is 292 g/mol. The molecule has 0 saturated heterocycles. The van der Waals surface area contributed by atoms with E-state index < -0.39 is 0 Å². The molecule has 2 aromatic rings. The fourth-order valence-corrected chi connectivity index (χ4v) is 1.98. The second-order valence-corrected chi connectivity index (χ2v) is 4.98. The number of hydrogen-bond donors (Lipinski definition) is 1. The highest BCUT2D eigenvalue weighted by molar-refractivity contribution is 5.73. The quantitative estimate of drug-likeness (QED) is 0.809. The van der Waals surface area contributed by atoms with E-state index >= 15 is 0 Å². The Morgan fingerprint density at radius 2 is 2.33 bits per heavy atom. The van der Waals surface area contributed by atoms with E-state index in [4.69, 9.17) is 14.9 Å². The number of aromatic nitrogens is 1. The van der Waals surface area contributed by atoms with Crippen LogP contribution in [0.2, 0.25) is 0 Å². The Morgan fingerprint density at radius 3 is 3.05 bits per heavy atom. The van der Waals surface area contributed by atoms with Crippen molar-refractivity contribution in [3.63, 3.8) is 0 Å². The lowest BCUT2D eigenvalue weighted by Crippen LogP contribution is -2.08. The van der Waals surface area contributed by atoms with Crippen molar-refractivity contribution in [2.45, 2.75) is 32.8 Å². The predicted octanol–water partition coefficient (Wildman–Crippen LogP) is 3.50. The lowest BCUT2D eigenvalue weighted by atomic mass is 10.2. The summed E-state index contributed by atoms with van der Waals surface area (Å²) in [5, 5.41) is 0. The maximum atomic E-state index is 12.4. The summed E-state index contributed by atoms with van der Waals surface area (Å²) in [5.74, 6) is 0.774. The minimum Gasteiger partial charge on any atom is -0.441 e. The third kappa shape index (κ3) is 4.37. The fraction of sp³-hybridized carbons (Fsp3) is 0.438. The number of aryl methyl sites for hydroxylation is 1. The number of rotatable bonds is 8. The van der Waals surface area contributed by atoms with E-state index in [1.54, 1.807) is 0 Å². The highest BCUT2D eigenvalue weighted by Gasteiger charge is 2.06. The molecule has 1 aromatic carbocycles. The lowest BCUT2D eigenvalue weighted by Gasteiger charge is -2.05. The average Bonchev–Trinajstić information content (AvgIpc) is 2.91. The summed E-state index contributed by atoms with van der Waals surface area (Å²) in [6.45, 7) is 2.89. The molecule has 21 heavy (non-hydrogen) atoms. The summed E-state index contributed by atoms with van der Waals surface area (Å²) < 4.78 is 23.5. The van der Waals surface area contributed by atoms with Crippen LogP contribution in [0.5, 0.6) is 0 Å². The molecule has 2 rings (SSSR count). The highest BCUT2D eigenvalue weighted by atomic mass is 19.1. The van der Waals surface area contributed by atoms with Crippen LogP contribution >= 0.6 is 0 Å². The summed E-state index contributed by atoms with van der Waals surface area (Å²) >= 11 is 0. The van der Waals surface area contributed by atoms with Crippen LogP contribution in [0.1, 0.15) is 31.2 Å². The van der Waals surface area contributed by atoms with Crippen molar-refractivity contribution in [1.29, 1.82) is 0 Å². The van der Waals surface area contributed by atoms with Crippen molar-refractivity contribution in [1.82, 2.24) is 4.98 Å². The first kappa shape index (κ1) is 15.7. The van der Waals surface area contributed by atoms with Crippen molar-refractivity contribution >= 4 is 11.1 Å². The van der Waals surface area contributed by atoms with Gasteiger partial charge in [0.2, 0.25) is 0 Å². The predicted molar refractivity (Wildman–Crippen MR) is 80.5 cm³/mol. The summed E-state index contributed by atoms with van der Waals surface area (Å²) in [7, 11) is 0. The molecule has 0 atom stereocenters. The van der Waals surface area contributed by atoms with Gasteiger partial charge in [-0.3, -0.25) is 0 Å². The van der Waals surface area contributed by atoms with Crippen LogP contribution < -0.4 is 5.73 Å². The Balaban J connectivity index is 1.98. The van der Waals surface area contributed by atoms with E-state index in [1.807, 2.05) is 18.2 Å². The van der Waals surface area contributed by atoms with E-state index in [2.05, 4.69) is 11.9 Å². The number of oxazole rings is 1. The second kappa shape index (κ2) is 7.90. The molecule has 0 aliphatic carbocycles. The number of fused-ring (bicyclic) bond motifs is 1. The molecule has 1 aromatic heterocycles. The fourth-order valence-electron chi connectivity index (χ4n) is 1.98. The Morgan fingerprint density at radius 1 is 1.48 bits per heavy atom. The van der Waals surface area contributed by atoms with Crippen LogP contribution in [0, 0.1) is 0 Å². The summed E-state index contributed by atoms with van der Waals surface area (Å²) in [6, 6.07) is 5.77. The molecule has 0 aliphatic rings. The third-order valence-corrected chi connectivity index (χ3v) is 3.21. The van der Waals surface area contributed by atoms with Crippen LogP contribution in [0.25, 0.3) is 11.1 Å². The second-order valence-electron chi connectivity index (χ2n) is 4.98. The zero-order valence-corrected chi connectivity index (χ0v) is 12.3. The summed E-state index contributed by atoms with van der Waals surface area (Å²) in [6.07, 6.45) is 3.54. The lowest BCUT2D eigenvalue weighted by molar-refractivity contribution is 0.141. The molecule has 0 fully saturated rings. The van der Waals surface area contributed by atoms with Crippen LogP contribution in [-0.2, 0) is 17.8 Å². The van der Waals surface area contributed by atoms with Crippen LogP contribution in [-0.4, -0.2) is 18.1 Å². The van der Waals surface area contributed by atoms with Gasteiger partial charge in [-0.15, -0.1) is 0 Å². The number of nitrogens with two attached hydrogens (primary N) is 1. The van der Waals surface area contributed by atoms with Gasteiger partial charge in [-0.25, -0.2) is 9.37 Å². The zero-order chi connectivity index (χ0) is 15.1. The van der Waals surface area contributed by atoms with Gasteiger partial charge in [0.15, 0.2) is 11.5 Å². The summed E-state index contributed by atoms with van der Waals surface area (Å²) in [4.78, 5) is 4.44. The van der Waals surface area contributed by atoms with E-state index in [9.17, 15) is 4.39 Å². The molecule has 0 saturated carbocycles. The van der Waals surface area contributed by atoms with Gasteiger partial charge in [0.1, 0.15) is 5.52 Å². The minimum atomic E-state index is 0.165. The first-order chi connectivity index (χ1) is 10.3. The van der Waals surface area contributed by atoms with Crippen molar-refractivity contribution in [3.8, 4) is 0 Å². The Kier molecular flexibility index (Phi) is 5.90. The maximum absolute atomic E-state index is 12.4. The van der Waals surface area contributed by atoms with Gasteiger partial charge in [-0.2, -0.15) is 0 Å². The standard InChI is InChI=1S/C16H21FN2O2/c1-2-3-4-16-19-14-6-5-12(7-15(14)21-16)10-20-11-13(8-17)9-18/h5-8H,2-4,9-11,18H2,1H3/b13-8+. The minimum absolute atomic E-state index is 0.165. The molecule has 0 aliphatic heterocycles. The Hall–Kier alpha value is -1.72. The number of hydrogen-bond acceptors (Lipinski definition) is 4. The van der Waals surface area contributed by atoms with Gasteiger partial charge in [0.05, 0.1) is 19.5 Å². The third-order valence-electron chi connectivity index (χ3n) is 3.21. The van der Waals surface area contributed by atoms with Crippen LogP contribution in [0.15, 0.2) is 34.5 Å². The molecule has 2 N–H and O–H groups in total. The van der Waals surface area contributed by atoms with E-state index in [-0.39, 0.29) is 13.2 Å². The van der Waals surface area contributed by atoms with Gasteiger partial charge < -0.3 is 14.9 Å². The molecular weight excluding hydrogens is 271 g/mol. The number of ether oxygens (including phenoxy) is 1. The molecule has 0 radical (unpaired) electrons. The van der Waals surface area contributed by atoms with E-state index in [0.29, 0.717) is 18.5 Å². The highest BCUT2D eigenvalue weighted by Crippen LogP contribution is 2.19. The number of nitrogens with zero attached hydrogens (tertiary/aromatic N) is 1. The number of halogens is 1. The smallest absolute Gasteiger partial charge is 0.195 e. The topological polar surface area (TPSA) is 61.3 Å². The Labute approximate surface area is 123 Å². The molecule has 114 valence electrons. The maximum Gasteiger partial charge on any atom is 0.195 e. The van der Waals surface area contributed by atoms with Gasteiger partial charge >= 0.3 is 0 Å². The normalized spacial score (nSPS) is 12.2.